The second kappa shape index (κ2) is 73.4. The molecule has 8 rings (SSSR count). The summed E-state index contributed by atoms with van der Waals surface area (Å²) in [5, 5.41) is 40.0. The first-order valence-corrected chi connectivity index (χ1v) is 50.9. The van der Waals surface area contributed by atoms with Crippen molar-refractivity contribution in [2.75, 3.05) is 48.3 Å². The average molecular weight is 2100 g/mol. The monoisotopic (exact) mass is 2100 g/mol. The first-order valence-electron chi connectivity index (χ1n) is 50.9. The molecule has 4 N–H and O–H groups in total. The van der Waals surface area contributed by atoms with Crippen LogP contribution in [0.3, 0.4) is 0 Å². The largest absolute Gasteiger partial charge is 0.507 e. The van der Waals surface area contributed by atoms with Crippen LogP contribution in [-0.2, 0) is 63.8 Å². The number of alkyl halides is 4. The van der Waals surface area contributed by atoms with Crippen LogP contribution in [0.1, 0.15) is 349 Å². The van der Waals surface area contributed by atoms with Gasteiger partial charge in [0.15, 0.2) is 23.1 Å². The first-order chi connectivity index (χ1) is 70.8. The highest BCUT2D eigenvalue weighted by atomic mass is 19.3. The minimum Gasteiger partial charge on any atom is -0.507 e. The van der Waals surface area contributed by atoms with Crippen LogP contribution in [0.15, 0.2) is 189 Å². The Kier molecular flexibility index (Phi) is 65.8. The van der Waals surface area contributed by atoms with Crippen molar-refractivity contribution in [2.24, 2.45) is 23.7 Å². The van der Waals surface area contributed by atoms with E-state index >= 15 is 0 Å². The third-order valence-corrected chi connectivity index (χ3v) is 22.9. The van der Waals surface area contributed by atoms with Crippen LogP contribution in [0.25, 0.3) is 0 Å². The van der Waals surface area contributed by atoms with Gasteiger partial charge in [-0.25, -0.2) is 36.7 Å². The lowest BCUT2D eigenvalue weighted by molar-refractivity contribution is -0.140. The number of ether oxygens (including phenoxy) is 8. The van der Waals surface area contributed by atoms with Crippen LogP contribution >= 0.6 is 0 Å². The molecule has 4 atom stereocenters. The molecule has 0 saturated heterocycles. The highest BCUT2D eigenvalue weighted by Crippen LogP contribution is 2.33. The van der Waals surface area contributed by atoms with Crippen molar-refractivity contribution in [3.63, 3.8) is 0 Å². The zero-order chi connectivity index (χ0) is 114. The number of Topliss-reactive ketones (excluding diaryl/α,β-unsaturated/α-hetero) is 4. The Morgan fingerprint density at radius 3 is 0.793 bits per heavy atom. The van der Waals surface area contributed by atoms with E-state index in [1.807, 2.05) is 104 Å². The lowest BCUT2D eigenvalue weighted by Crippen LogP contribution is -2.19. The SMILES string of the molecule is CCCCOc1ccc(CC)c(C)c1.CCc1ccc(OC(C)C)cc1C.CCc1ccc(OCC(F)F)cc1.CCc1ccc(OCC(F)F)cc1C.COC(=O)C/C=C/CCC(C)c1cc(O)c(C(=O)C(C)C)c(=O)o1.COC(=O)C/C=C/CCC(C)c1cc(O)c(C(=O)C(C)C)c(=O)o1.COC(=O)C/C=C/CCC(C)c1cc(O)c(C(=O)C(C)C)c(=O)o1.COC(=O)C/C=C/CCC(C)c1cc(O)c(C(=O)C(C)C)c(=O)o1. The average Bonchev–Trinajstić information content (AvgIpc) is 0.800. The standard InChI is InChI=1S/4C18H24O6.C13H20O.C12H18O.C11H14F2O.C10H12F2O/c4*1-11(2)17(21)16-13(19)10-14(24-18(16)22)12(3)8-6-5-7-9-15(20)23-4;1-4-6-9-14-13-8-7-12(5-2)11(3)10-13;1-5-11-6-7-12(8-10(11)4)13-9(2)3;1-3-9-4-5-10(6-8(9)2)14-7-11(12)13;1-2-8-3-5-9(6-4-8)13-7-10(11)12/h4*5,7,10-12,19H,6,8-9H2,1-4H3;7-8,10H,4-6,9H2,1-3H3;6-9H,5H2,1-4H3;4-6,11H,3,7H2,1-2H3;3-6,10H,2,7H2,1H3/b4*7-5+;;;;. The summed E-state index contributed by atoms with van der Waals surface area (Å²) in [6.45, 7) is 41.3. The number of rotatable bonds is 48. The molecule has 0 spiro atoms. The smallest absolute Gasteiger partial charge is 0.350 e. The Morgan fingerprint density at radius 1 is 0.327 bits per heavy atom. The summed E-state index contributed by atoms with van der Waals surface area (Å²) in [5.41, 5.74) is 4.53. The van der Waals surface area contributed by atoms with Gasteiger partial charge >= 0.3 is 46.4 Å². The second-order valence-electron chi connectivity index (χ2n) is 36.9. The van der Waals surface area contributed by atoms with E-state index in [0.29, 0.717) is 85.9 Å². The first kappa shape index (κ1) is 134. The van der Waals surface area contributed by atoms with Crippen molar-refractivity contribution in [3.05, 3.63) is 278 Å². The molecular formula is C118H160F4O28. The predicted molar refractivity (Wildman–Crippen MR) is 574 cm³/mol. The highest BCUT2D eigenvalue weighted by molar-refractivity contribution is 6.01. The Morgan fingerprint density at radius 2 is 0.573 bits per heavy atom. The van der Waals surface area contributed by atoms with Crippen LogP contribution in [0.5, 0.6) is 46.0 Å². The van der Waals surface area contributed by atoms with Gasteiger partial charge in [0.05, 0.1) is 66.8 Å². The number of benzene rings is 4. The molecule has 8 aromatic rings. The summed E-state index contributed by atoms with van der Waals surface area (Å²) in [4.78, 5) is 139. The van der Waals surface area contributed by atoms with Crippen molar-refractivity contribution in [1.82, 2.24) is 0 Å². The molecular weight excluding hydrogens is 1940 g/mol. The molecule has 4 unspecified atom stereocenters. The molecule has 0 bridgehead atoms. The van der Waals surface area contributed by atoms with Gasteiger partial charge in [0.25, 0.3) is 12.9 Å². The summed E-state index contributed by atoms with van der Waals surface area (Å²) in [6.07, 6.45) is 22.3. The van der Waals surface area contributed by atoms with Gasteiger partial charge in [-0.1, -0.05) is 203 Å². The van der Waals surface area contributed by atoms with Gasteiger partial charge in [-0.2, -0.15) is 0 Å². The minimum absolute atomic E-state index is 0.116. The molecule has 0 radical (unpaired) electrons. The number of carbonyl (C=O) groups excluding carboxylic acids is 8. The molecule has 0 aliphatic carbocycles. The number of unbranched alkanes of at least 4 members (excludes halogenated alkanes) is 1. The second-order valence-corrected chi connectivity index (χ2v) is 36.9. The molecule has 150 heavy (non-hydrogen) atoms. The summed E-state index contributed by atoms with van der Waals surface area (Å²) in [6, 6.07) is 30.6. The molecule has 0 aliphatic heterocycles. The third kappa shape index (κ3) is 52.0. The van der Waals surface area contributed by atoms with E-state index in [-0.39, 0.29) is 125 Å². The number of esters is 4. The zero-order valence-electron chi connectivity index (χ0n) is 92.2. The number of aryl methyl sites for hydroxylation is 7. The zero-order valence-corrected chi connectivity index (χ0v) is 92.2. The molecule has 0 amide bonds. The van der Waals surface area contributed by atoms with Gasteiger partial charge in [0.1, 0.15) is 105 Å². The maximum absolute atomic E-state index is 12.0. The maximum Gasteiger partial charge on any atom is 0.350 e. The van der Waals surface area contributed by atoms with Crippen LogP contribution in [0.2, 0.25) is 0 Å². The number of aromatic hydroxyl groups is 4. The Hall–Kier alpha value is -13.7. The molecule has 828 valence electrons. The quantitative estimate of drug-likeness (QED) is 0.00687. The summed E-state index contributed by atoms with van der Waals surface area (Å²) >= 11 is 0. The molecule has 4 aromatic heterocycles. The predicted octanol–water partition coefficient (Wildman–Crippen LogP) is 25.9. The van der Waals surface area contributed by atoms with Crippen molar-refractivity contribution < 1.29 is 132 Å². The Balaban J connectivity index is 0.000000868. The van der Waals surface area contributed by atoms with Gasteiger partial charge in [-0.3, -0.25) is 38.4 Å². The van der Waals surface area contributed by atoms with Crippen LogP contribution in [-0.4, -0.2) is 135 Å². The minimum atomic E-state index is -2.42. The lowest BCUT2D eigenvalue weighted by Gasteiger charge is -2.11. The van der Waals surface area contributed by atoms with Gasteiger partial charge in [-0.15, -0.1) is 0 Å². The van der Waals surface area contributed by atoms with E-state index < -0.39 is 95.4 Å². The number of hydrogen-bond donors (Lipinski definition) is 4. The van der Waals surface area contributed by atoms with E-state index in [9.17, 15) is 95.5 Å². The third-order valence-electron chi connectivity index (χ3n) is 22.9. The van der Waals surface area contributed by atoms with E-state index in [1.54, 1.807) is 104 Å². The van der Waals surface area contributed by atoms with Crippen molar-refractivity contribution >= 4 is 47.0 Å². The summed E-state index contributed by atoms with van der Waals surface area (Å²) < 4.78 is 107. The lowest BCUT2D eigenvalue weighted by atomic mass is 9.98. The number of allylic oxidation sites excluding steroid dienone is 4. The van der Waals surface area contributed by atoms with Gasteiger partial charge in [0.2, 0.25) is 0 Å². The van der Waals surface area contributed by atoms with Gasteiger partial charge in [-0.05, 0) is 206 Å². The molecule has 0 saturated carbocycles. The number of ketones is 4. The van der Waals surface area contributed by atoms with Crippen molar-refractivity contribution in [2.45, 2.75) is 311 Å². The highest BCUT2D eigenvalue weighted by Gasteiger charge is 2.28. The van der Waals surface area contributed by atoms with E-state index in [1.165, 1.54) is 92.5 Å². The Bertz CT molecular complexity index is 5380. The normalized spacial score (nSPS) is 11.8. The molecule has 0 fully saturated rings. The number of halogens is 4. The number of hydrogen-bond acceptors (Lipinski definition) is 28. The maximum atomic E-state index is 12.0. The fourth-order valence-corrected chi connectivity index (χ4v) is 13.7. The molecule has 4 aromatic carbocycles. The summed E-state index contributed by atoms with van der Waals surface area (Å²) in [5.74, 6) is -2.08. The fourth-order valence-electron chi connectivity index (χ4n) is 13.7. The topological polar surface area (TPSA) is 412 Å². The Labute approximate surface area is 880 Å². The van der Waals surface area contributed by atoms with E-state index in [2.05, 4.69) is 90.8 Å². The van der Waals surface area contributed by atoms with Crippen LogP contribution in [0.4, 0.5) is 17.6 Å². The molecule has 32 heteroatoms. The molecule has 28 nitrogen and oxygen atoms in total. The van der Waals surface area contributed by atoms with Crippen molar-refractivity contribution in [1.29, 1.82) is 0 Å². The van der Waals surface area contributed by atoms with Gasteiger partial charge in [0, 0.05) is 71.6 Å². The van der Waals surface area contributed by atoms with Crippen molar-refractivity contribution in [3.8, 4) is 46.0 Å². The number of methoxy groups -OCH3 is 4. The van der Waals surface area contributed by atoms with E-state index in [0.717, 1.165) is 55.8 Å². The number of carbonyl (C=O) groups is 8. The van der Waals surface area contributed by atoms with E-state index in [4.69, 9.17) is 36.6 Å². The molecule has 0 aliphatic rings. The molecule has 4 heterocycles. The summed E-state index contributed by atoms with van der Waals surface area (Å²) in [7, 11) is 5.34. The van der Waals surface area contributed by atoms with Gasteiger partial charge < -0.3 is 76.0 Å². The van der Waals surface area contributed by atoms with Crippen LogP contribution in [0, 0.1) is 44.4 Å². The van der Waals surface area contributed by atoms with Crippen LogP contribution < -0.4 is 41.4 Å². The fraction of sp³-hybridized carbons (Fsp3) is 0.492.